The fraction of sp³-hybridized carbons (Fsp3) is 0.231. The van der Waals surface area contributed by atoms with E-state index in [1.54, 1.807) is 54.8 Å². The van der Waals surface area contributed by atoms with Crippen molar-refractivity contribution in [1.82, 2.24) is 9.78 Å². The largest absolute Gasteiger partial charge is 0.490 e. The summed E-state index contributed by atoms with van der Waals surface area (Å²) in [6.07, 6.45) is 0. The van der Waals surface area contributed by atoms with Gasteiger partial charge < -0.3 is 19.5 Å². The van der Waals surface area contributed by atoms with E-state index in [4.69, 9.17) is 25.8 Å². The Balaban J connectivity index is 1.80. The van der Waals surface area contributed by atoms with Crippen LogP contribution < -0.4 is 20.3 Å². The maximum Gasteiger partial charge on any atom is 0.359 e. The van der Waals surface area contributed by atoms with E-state index in [-0.39, 0.29) is 28.1 Å². The minimum Gasteiger partial charge on any atom is -0.490 e. The van der Waals surface area contributed by atoms with E-state index >= 15 is 0 Å². The Morgan fingerprint density at radius 3 is 2.38 bits per heavy atom. The highest BCUT2D eigenvalue weighted by Gasteiger charge is 2.23. The van der Waals surface area contributed by atoms with Crippen molar-refractivity contribution < 1.29 is 23.8 Å². The molecule has 192 valence electrons. The number of benzene rings is 2. The molecule has 4 aromatic rings. The molecule has 2 aromatic carbocycles. The third kappa shape index (κ3) is 5.45. The minimum atomic E-state index is -0.682. The molecule has 0 fully saturated rings. The summed E-state index contributed by atoms with van der Waals surface area (Å²) in [5.41, 5.74) is 0.163. The average molecular weight is 542 g/mol. The third-order valence-corrected chi connectivity index (χ3v) is 6.37. The van der Waals surface area contributed by atoms with Crippen LogP contribution in [0.3, 0.4) is 0 Å². The van der Waals surface area contributed by atoms with Gasteiger partial charge >= 0.3 is 5.97 Å². The van der Waals surface area contributed by atoms with E-state index in [1.807, 2.05) is 13.8 Å². The van der Waals surface area contributed by atoms with Gasteiger partial charge in [0, 0.05) is 21.4 Å². The summed E-state index contributed by atoms with van der Waals surface area (Å²) in [5, 5.41) is 9.86. The minimum absolute atomic E-state index is 0.0390. The summed E-state index contributed by atoms with van der Waals surface area (Å²) in [6, 6.07) is 11.3. The zero-order valence-corrected chi connectivity index (χ0v) is 21.9. The summed E-state index contributed by atoms with van der Waals surface area (Å²) in [5.74, 6) is -0.177. The first kappa shape index (κ1) is 26.2. The molecule has 1 amide bonds. The Bertz CT molecular complexity index is 1510. The smallest absolute Gasteiger partial charge is 0.359 e. The maximum absolute atomic E-state index is 13.5. The lowest BCUT2D eigenvalue weighted by atomic mass is 10.1. The number of ether oxygens (including phenoxy) is 3. The third-order valence-electron chi connectivity index (χ3n) is 5.23. The standard InChI is InChI=1S/C26H24ClN3O6S/c1-4-34-19-12-7-15(13-20(19)35-5-2)23(31)28-24-21-18(14-37-24)22(26(33)36-6-3)29-30(25(21)32)17-10-8-16(27)9-11-17/h7-14H,4-6H2,1-3H3,(H,28,31). The van der Waals surface area contributed by atoms with Gasteiger partial charge in [0.1, 0.15) is 5.00 Å². The van der Waals surface area contributed by atoms with Gasteiger partial charge in [-0.15, -0.1) is 11.3 Å². The molecule has 0 aliphatic carbocycles. The molecule has 0 atom stereocenters. The molecule has 0 aliphatic rings. The predicted octanol–water partition coefficient (Wildman–Crippen LogP) is 5.33. The summed E-state index contributed by atoms with van der Waals surface area (Å²) >= 11 is 7.11. The molecule has 0 spiro atoms. The van der Waals surface area contributed by atoms with Crippen LogP contribution in [0, 0.1) is 0 Å². The summed E-state index contributed by atoms with van der Waals surface area (Å²) in [7, 11) is 0. The number of nitrogens with zero attached hydrogens (tertiary/aromatic N) is 2. The van der Waals surface area contributed by atoms with E-state index in [0.717, 1.165) is 16.0 Å². The van der Waals surface area contributed by atoms with Gasteiger partial charge in [-0.1, -0.05) is 11.6 Å². The van der Waals surface area contributed by atoms with E-state index in [0.29, 0.717) is 41.0 Å². The molecular weight excluding hydrogens is 518 g/mol. The molecule has 0 aliphatic heterocycles. The number of halogens is 1. The van der Waals surface area contributed by atoms with Crippen LogP contribution in [0.15, 0.2) is 52.6 Å². The number of anilines is 1. The molecule has 0 saturated heterocycles. The zero-order valence-electron chi connectivity index (χ0n) is 20.4. The Hall–Kier alpha value is -3.89. The zero-order chi connectivity index (χ0) is 26.5. The van der Waals surface area contributed by atoms with Crippen LogP contribution in [0.1, 0.15) is 41.6 Å². The van der Waals surface area contributed by atoms with Crippen molar-refractivity contribution >= 4 is 50.6 Å². The van der Waals surface area contributed by atoms with E-state index in [1.165, 1.54) is 0 Å². The second-order valence-electron chi connectivity index (χ2n) is 7.60. The SMILES string of the molecule is CCOC(=O)c1nn(-c2ccc(Cl)cc2)c(=O)c2c(NC(=O)c3ccc(OCC)c(OCC)c3)scc12. The number of aromatic nitrogens is 2. The van der Waals surface area contributed by atoms with Gasteiger partial charge in [0.2, 0.25) is 0 Å². The molecule has 0 bridgehead atoms. The van der Waals surface area contributed by atoms with Crippen LogP contribution in [0.2, 0.25) is 5.02 Å². The number of rotatable bonds is 9. The van der Waals surface area contributed by atoms with Crippen LogP contribution in [-0.2, 0) is 4.74 Å². The number of hydrogen-bond donors (Lipinski definition) is 1. The van der Waals surface area contributed by atoms with Crippen molar-refractivity contribution in [1.29, 1.82) is 0 Å². The molecule has 0 saturated carbocycles. The van der Waals surface area contributed by atoms with Crippen molar-refractivity contribution in [3.05, 3.63) is 74.5 Å². The lowest BCUT2D eigenvalue weighted by Crippen LogP contribution is -2.25. The summed E-state index contributed by atoms with van der Waals surface area (Å²) in [4.78, 5) is 39.4. The normalized spacial score (nSPS) is 10.8. The van der Waals surface area contributed by atoms with Crippen molar-refractivity contribution in [3.63, 3.8) is 0 Å². The van der Waals surface area contributed by atoms with Crippen molar-refractivity contribution in [2.24, 2.45) is 0 Å². The number of hydrogen-bond acceptors (Lipinski definition) is 8. The van der Waals surface area contributed by atoms with E-state index in [2.05, 4.69) is 10.4 Å². The van der Waals surface area contributed by atoms with Gasteiger partial charge in [0.25, 0.3) is 11.5 Å². The highest BCUT2D eigenvalue weighted by molar-refractivity contribution is 7.16. The molecule has 37 heavy (non-hydrogen) atoms. The van der Waals surface area contributed by atoms with E-state index in [9.17, 15) is 14.4 Å². The molecule has 2 heterocycles. The van der Waals surface area contributed by atoms with Gasteiger partial charge in [-0.2, -0.15) is 9.78 Å². The second-order valence-corrected chi connectivity index (χ2v) is 8.91. The van der Waals surface area contributed by atoms with Crippen LogP contribution in [0.4, 0.5) is 5.00 Å². The quantitative estimate of drug-likeness (QED) is 0.285. The van der Waals surface area contributed by atoms with Crippen LogP contribution in [0.5, 0.6) is 11.5 Å². The topological polar surface area (TPSA) is 109 Å². The Morgan fingerprint density at radius 1 is 1.00 bits per heavy atom. The number of carbonyl (C=O) groups is 2. The summed E-state index contributed by atoms with van der Waals surface area (Å²) in [6.45, 7) is 6.35. The fourth-order valence-electron chi connectivity index (χ4n) is 3.62. The van der Waals surface area contributed by atoms with Crippen molar-refractivity contribution in [3.8, 4) is 17.2 Å². The molecule has 0 unspecified atom stereocenters. The molecule has 4 rings (SSSR count). The molecule has 9 nitrogen and oxygen atoms in total. The molecule has 11 heteroatoms. The first-order chi connectivity index (χ1) is 17.9. The van der Waals surface area contributed by atoms with Gasteiger partial charge in [0.05, 0.1) is 30.9 Å². The van der Waals surface area contributed by atoms with E-state index < -0.39 is 17.4 Å². The monoisotopic (exact) mass is 541 g/mol. The first-order valence-electron chi connectivity index (χ1n) is 11.6. The predicted molar refractivity (Wildman–Crippen MR) is 143 cm³/mol. The van der Waals surface area contributed by atoms with Gasteiger partial charge in [0.15, 0.2) is 17.2 Å². The number of fused-ring (bicyclic) bond motifs is 1. The molecule has 1 N–H and O–H groups in total. The van der Waals surface area contributed by atoms with Gasteiger partial charge in [-0.25, -0.2) is 4.79 Å². The number of esters is 1. The molecule has 0 radical (unpaired) electrons. The van der Waals surface area contributed by atoms with Gasteiger partial charge in [-0.05, 0) is 63.2 Å². The number of carbonyl (C=O) groups excluding carboxylic acids is 2. The molecular formula is C26H24ClN3O6S. The van der Waals surface area contributed by atoms with Gasteiger partial charge in [-0.3, -0.25) is 9.59 Å². The Morgan fingerprint density at radius 2 is 1.70 bits per heavy atom. The number of thiophene rings is 1. The number of nitrogens with one attached hydrogen (secondary N) is 1. The molecule has 2 aromatic heterocycles. The lowest BCUT2D eigenvalue weighted by molar-refractivity contribution is 0.0520. The highest BCUT2D eigenvalue weighted by Crippen LogP contribution is 2.33. The summed E-state index contributed by atoms with van der Waals surface area (Å²) < 4.78 is 17.4. The first-order valence-corrected chi connectivity index (χ1v) is 12.8. The second kappa shape index (κ2) is 11.4. The van der Waals surface area contributed by atoms with Crippen molar-refractivity contribution in [2.45, 2.75) is 20.8 Å². The van der Waals surface area contributed by atoms with Crippen LogP contribution >= 0.6 is 22.9 Å². The van der Waals surface area contributed by atoms with Crippen molar-refractivity contribution in [2.75, 3.05) is 25.1 Å². The lowest BCUT2D eigenvalue weighted by Gasteiger charge is -2.12. The fourth-order valence-corrected chi connectivity index (χ4v) is 4.67. The highest BCUT2D eigenvalue weighted by atomic mass is 35.5. The van der Waals surface area contributed by atoms with Crippen LogP contribution in [0.25, 0.3) is 16.5 Å². The maximum atomic E-state index is 13.5. The average Bonchev–Trinajstić information content (AvgIpc) is 3.30. The van der Waals surface area contributed by atoms with Crippen LogP contribution in [-0.4, -0.2) is 41.5 Å². The number of amides is 1. The Kier molecular flexibility index (Phi) is 8.10. The Labute approximate surface area is 221 Å².